The molecular weight excluding hydrogens is 426 g/mol. The van der Waals surface area contributed by atoms with Crippen molar-refractivity contribution in [2.75, 3.05) is 12.3 Å². The summed E-state index contributed by atoms with van der Waals surface area (Å²) < 4.78 is 25.9. The molecule has 0 aliphatic carbocycles. The molecular formula is C21H24BrNO3S. The van der Waals surface area contributed by atoms with E-state index in [0.717, 1.165) is 22.9 Å². The molecule has 0 spiro atoms. The van der Waals surface area contributed by atoms with Crippen molar-refractivity contribution in [2.45, 2.75) is 38.5 Å². The van der Waals surface area contributed by atoms with E-state index in [0.29, 0.717) is 12.1 Å². The maximum atomic E-state index is 12.8. The smallest absolute Gasteiger partial charge is 0.238 e. The van der Waals surface area contributed by atoms with Gasteiger partial charge in [0.2, 0.25) is 5.91 Å². The first-order valence-corrected chi connectivity index (χ1v) is 11.7. The summed E-state index contributed by atoms with van der Waals surface area (Å²) in [7, 11) is -3.52. The zero-order chi connectivity index (χ0) is 19.6. The van der Waals surface area contributed by atoms with E-state index in [4.69, 9.17) is 0 Å². The number of aryl methyl sites for hydroxylation is 2. The fraction of sp³-hybridized carbons (Fsp3) is 0.381. The van der Waals surface area contributed by atoms with Gasteiger partial charge in [0.15, 0.2) is 9.84 Å². The van der Waals surface area contributed by atoms with Gasteiger partial charge in [-0.15, -0.1) is 0 Å². The van der Waals surface area contributed by atoms with Crippen LogP contribution in [0.5, 0.6) is 0 Å². The predicted octanol–water partition coefficient (Wildman–Crippen LogP) is 4.34. The molecule has 0 N–H and O–H groups in total. The molecule has 0 radical (unpaired) electrons. The van der Waals surface area contributed by atoms with Crippen molar-refractivity contribution < 1.29 is 13.2 Å². The maximum Gasteiger partial charge on any atom is 0.238 e. The summed E-state index contributed by atoms with van der Waals surface area (Å²) in [6.45, 7) is 4.73. The lowest BCUT2D eigenvalue weighted by Crippen LogP contribution is -2.35. The number of hydrogen-bond acceptors (Lipinski definition) is 3. The molecule has 1 unspecified atom stereocenters. The van der Waals surface area contributed by atoms with E-state index >= 15 is 0 Å². The van der Waals surface area contributed by atoms with E-state index in [-0.39, 0.29) is 17.7 Å². The quantitative estimate of drug-likeness (QED) is 0.681. The van der Waals surface area contributed by atoms with Crippen LogP contribution in [0.2, 0.25) is 0 Å². The highest BCUT2D eigenvalue weighted by atomic mass is 79.9. The van der Waals surface area contributed by atoms with Crippen LogP contribution in [0.25, 0.3) is 0 Å². The zero-order valence-corrected chi connectivity index (χ0v) is 18.0. The van der Waals surface area contributed by atoms with Gasteiger partial charge in [-0.25, -0.2) is 8.42 Å². The molecule has 0 saturated carbocycles. The summed E-state index contributed by atoms with van der Waals surface area (Å²) in [6.07, 6.45) is 1.77. The van der Waals surface area contributed by atoms with Crippen molar-refractivity contribution in [2.24, 2.45) is 0 Å². The predicted molar refractivity (Wildman–Crippen MR) is 111 cm³/mol. The number of hydrogen-bond donors (Lipinski definition) is 0. The van der Waals surface area contributed by atoms with Gasteiger partial charge in [-0.2, -0.15) is 0 Å². The van der Waals surface area contributed by atoms with Crippen molar-refractivity contribution in [3.63, 3.8) is 0 Å². The summed E-state index contributed by atoms with van der Waals surface area (Å²) in [5, 5.41) is 0. The molecule has 3 rings (SSSR count). The molecule has 1 fully saturated rings. The first-order valence-electron chi connectivity index (χ1n) is 9.07. The Kier molecular flexibility index (Phi) is 6.06. The van der Waals surface area contributed by atoms with Crippen LogP contribution in [-0.2, 0) is 20.4 Å². The molecule has 2 aromatic carbocycles. The molecule has 144 valence electrons. The molecule has 1 aliphatic heterocycles. The van der Waals surface area contributed by atoms with E-state index in [1.165, 1.54) is 11.1 Å². The molecule has 1 aliphatic rings. The van der Waals surface area contributed by atoms with Gasteiger partial charge in [-0.3, -0.25) is 4.79 Å². The molecule has 0 aromatic heterocycles. The topological polar surface area (TPSA) is 54.5 Å². The standard InChI is InChI=1S/C21H24BrNO3S/c1-15-8-9-18(11-16(15)2)20-7-4-10-23(20)21(24)14-27(25,26)13-17-5-3-6-19(22)12-17/h3,5-6,8-9,11-12,20H,4,7,10,13-14H2,1-2H3. The van der Waals surface area contributed by atoms with E-state index in [2.05, 4.69) is 48.0 Å². The number of amides is 1. The molecule has 0 bridgehead atoms. The Labute approximate surface area is 169 Å². The molecule has 6 heteroatoms. The fourth-order valence-electron chi connectivity index (χ4n) is 3.59. The minimum Gasteiger partial charge on any atom is -0.335 e. The number of rotatable bonds is 5. The van der Waals surface area contributed by atoms with Crippen LogP contribution >= 0.6 is 15.9 Å². The Hall–Kier alpha value is -1.66. The fourth-order valence-corrected chi connectivity index (χ4v) is 5.36. The Morgan fingerprint density at radius 2 is 1.93 bits per heavy atom. The van der Waals surface area contributed by atoms with Crippen LogP contribution < -0.4 is 0 Å². The average Bonchev–Trinajstić information content (AvgIpc) is 3.06. The number of benzene rings is 2. The maximum absolute atomic E-state index is 12.8. The first-order chi connectivity index (χ1) is 12.7. The lowest BCUT2D eigenvalue weighted by molar-refractivity contribution is -0.129. The monoisotopic (exact) mass is 449 g/mol. The zero-order valence-electron chi connectivity index (χ0n) is 15.6. The molecule has 4 nitrogen and oxygen atoms in total. The van der Waals surface area contributed by atoms with Crippen LogP contribution in [-0.4, -0.2) is 31.5 Å². The molecule has 1 amide bonds. The molecule has 2 aromatic rings. The van der Waals surface area contributed by atoms with E-state index in [1.54, 1.807) is 23.1 Å². The number of sulfone groups is 1. The second-order valence-electron chi connectivity index (χ2n) is 7.25. The number of nitrogens with zero attached hydrogens (tertiary/aromatic N) is 1. The Morgan fingerprint density at radius 3 is 2.63 bits per heavy atom. The third-order valence-electron chi connectivity index (χ3n) is 5.11. The third kappa shape index (κ3) is 4.99. The van der Waals surface area contributed by atoms with Crippen molar-refractivity contribution in [3.05, 3.63) is 69.2 Å². The number of carbonyl (C=O) groups excluding carboxylic acids is 1. The third-order valence-corrected chi connectivity index (χ3v) is 7.06. The van der Waals surface area contributed by atoms with Crippen LogP contribution in [0.15, 0.2) is 46.9 Å². The summed E-state index contributed by atoms with van der Waals surface area (Å²) in [4.78, 5) is 14.5. The van der Waals surface area contributed by atoms with Crippen LogP contribution in [0, 0.1) is 13.8 Å². The van der Waals surface area contributed by atoms with Crippen LogP contribution in [0.1, 0.15) is 41.1 Å². The highest BCUT2D eigenvalue weighted by Crippen LogP contribution is 2.33. The Balaban J connectivity index is 1.73. The average molecular weight is 450 g/mol. The largest absolute Gasteiger partial charge is 0.335 e. The molecule has 1 saturated heterocycles. The van der Waals surface area contributed by atoms with Gasteiger partial charge in [0.1, 0.15) is 5.75 Å². The van der Waals surface area contributed by atoms with Gasteiger partial charge in [0.05, 0.1) is 11.8 Å². The van der Waals surface area contributed by atoms with Crippen molar-refractivity contribution in [1.29, 1.82) is 0 Å². The minimum atomic E-state index is -3.52. The van der Waals surface area contributed by atoms with Gasteiger partial charge in [-0.05, 0) is 61.1 Å². The normalized spacial score (nSPS) is 17.3. The first kappa shape index (κ1) is 20.1. The SMILES string of the molecule is Cc1ccc(C2CCCN2C(=O)CS(=O)(=O)Cc2cccc(Br)c2)cc1C. The summed E-state index contributed by atoms with van der Waals surface area (Å²) in [6, 6.07) is 13.4. The van der Waals surface area contributed by atoms with Crippen molar-refractivity contribution in [1.82, 2.24) is 4.90 Å². The summed E-state index contributed by atoms with van der Waals surface area (Å²) >= 11 is 3.35. The highest BCUT2D eigenvalue weighted by molar-refractivity contribution is 9.10. The van der Waals surface area contributed by atoms with Gasteiger partial charge < -0.3 is 4.90 Å². The van der Waals surface area contributed by atoms with Crippen molar-refractivity contribution in [3.8, 4) is 0 Å². The lowest BCUT2D eigenvalue weighted by Gasteiger charge is -2.25. The van der Waals surface area contributed by atoms with Gasteiger partial charge in [0.25, 0.3) is 0 Å². The van der Waals surface area contributed by atoms with Gasteiger partial charge in [-0.1, -0.05) is 46.3 Å². The van der Waals surface area contributed by atoms with E-state index < -0.39 is 15.6 Å². The second kappa shape index (κ2) is 8.15. The number of carbonyl (C=O) groups is 1. The number of likely N-dealkylation sites (tertiary alicyclic amines) is 1. The van der Waals surface area contributed by atoms with Gasteiger partial charge in [0, 0.05) is 11.0 Å². The van der Waals surface area contributed by atoms with E-state index in [9.17, 15) is 13.2 Å². The molecule has 1 heterocycles. The van der Waals surface area contributed by atoms with E-state index in [1.807, 2.05) is 6.07 Å². The summed E-state index contributed by atoms with van der Waals surface area (Å²) in [5.41, 5.74) is 4.18. The van der Waals surface area contributed by atoms with Crippen molar-refractivity contribution >= 4 is 31.7 Å². The second-order valence-corrected chi connectivity index (χ2v) is 10.2. The van der Waals surface area contributed by atoms with Crippen LogP contribution in [0.3, 0.4) is 0 Å². The van der Waals surface area contributed by atoms with Crippen LogP contribution in [0.4, 0.5) is 0 Å². The Morgan fingerprint density at radius 1 is 1.15 bits per heavy atom. The lowest BCUT2D eigenvalue weighted by atomic mass is 9.99. The minimum absolute atomic E-state index is 0.0298. The molecule has 1 atom stereocenters. The van der Waals surface area contributed by atoms with Gasteiger partial charge >= 0.3 is 0 Å². The highest BCUT2D eigenvalue weighted by Gasteiger charge is 2.32. The Bertz CT molecular complexity index is 956. The molecule has 27 heavy (non-hydrogen) atoms. The number of halogens is 1. The summed E-state index contributed by atoms with van der Waals surface area (Å²) in [5.74, 6) is -0.869.